The van der Waals surface area contributed by atoms with Gasteiger partial charge in [0.2, 0.25) is 0 Å². The van der Waals surface area contributed by atoms with Gasteiger partial charge < -0.3 is 23.9 Å². The van der Waals surface area contributed by atoms with Crippen LogP contribution >= 0.6 is 11.6 Å². The van der Waals surface area contributed by atoms with Crippen molar-refractivity contribution in [3.8, 4) is 22.8 Å². The number of likely N-dealkylation sites (tertiary alicyclic amines) is 1. The van der Waals surface area contributed by atoms with Gasteiger partial charge in [-0.3, -0.25) is 4.79 Å². The minimum absolute atomic E-state index is 0.00766. The lowest BCUT2D eigenvalue weighted by molar-refractivity contribution is 0.171. The zero-order chi connectivity index (χ0) is 21.4. The van der Waals surface area contributed by atoms with Crippen LogP contribution in [-0.4, -0.2) is 50.5 Å². The third-order valence-corrected chi connectivity index (χ3v) is 6.26. The Labute approximate surface area is 179 Å². The van der Waals surface area contributed by atoms with Gasteiger partial charge in [0, 0.05) is 35.2 Å². The van der Waals surface area contributed by atoms with Gasteiger partial charge in [-0.15, -0.1) is 0 Å². The first-order chi connectivity index (χ1) is 14.5. The summed E-state index contributed by atoms with van der Waals surface area (Å²) in [6.07, 6.45) is 0.805. The first kappa shape index (κ1) is 20.7. The number of rotatable bonds is 5. The highest BCUT2D eigenvalue weighted by molar-refractivity contribution is 6.33. The number of methoxy groups -OCH3 is 2. The number of nitrogens with zero attached hydrogens (tertiary/aromatic N) is 1. The van der Waals surface area contributed by atoms with Gasteiger partial charge in [-0.2, -0.15) is 0 Å². The molecule has 1 aliphatic heterocycles. The molecule has 0 saturated carbocycles. The molecule has 2 heterocycles. The van der Waals surface area contributed by atoms with Gasteiger partial charge >= 0.3 is 0 Å². The average Bonchev–Trinajstić information content (AvgIpc) is 3.12. The summed E-state index contributed by atoms with van der Waals surface area (Å²) in [5, 5.41) is 10.9. The minimum atomic E-state index is -0.223. The van der Waals surface area contributed by atoms with Gasteiger partial charge in [-0.1, -0.05) is 23.7 Å². The number of likely N-dealkylation sites (N-methyl/N-ethyl adjacent to an activating group) is 1. The number of hydrogen-bond acceptors (Lipinski definition) is 6. The summed E-state index contributed by atoms with van der Waals surface area (Å²) in [6.45, 7) is 0.813. The molecule has 6 nitrogen and oxygen atoms in total. The van der Waals surface area contributed by atoms with E-state index in [4.69, 9.17) is 25.5 Å². The predicted octanol–water partition coefficient (Wildman–Crippen LogP) is 3.91. The zero-order valence-electron chi connectivity index (χ0n) is 17.1. The molecule has 0 amide bonds. The van der Waals surface area contributed by atoms with E-state index in [0.29, 0.717) is 38.8 Å². The smallest absolute Gasteiger partial charge is 0.197 e. The SMILES string of the molecule is COc1cc(OC)c2c(=O)cc(-c3ccccc3Cl)oc2c1C1CCN(C)[C@@H]1CO. The molecule has 3 aromatic rings. The summed E-state index contributed by atoms with van der Waals surface area (Å²) < 4.78 is 17.5. The van der Waals surface area contributed by atoms with Gasteiger partial charge in [0.05, 0.1) is 25.8 Å². The number of hydrogen-bond donors (Lipinski definition) is 1. The monoisotopic (exact) mass is 429 g/mol. The maximum atomic E-state index is 13.2. The molecule has 2 atom stereocenters. The molecule has 0 spiro atoms. The Hall–Kier alpha value is -2.54. The van der Waals surface area contributed by atoms with E-state index in [-0.39, 0.29) is 24.0 Å². The molecule has 7 heteroatoms. The van der Waals surface area contributed by atoms with E-state index in [1.807, 2.05) is 25.2 Å². The molecular weight excluding hydrogens is 406 g/mol. The van der Waals surface area contributed by atoms with Crippen LogP contribution in [0.15, 0.2) is 45.6 Å². The molecule has 1 N–H and O–H groups in total. The second kappa shape index (κ2) is 8.30. The Balaban J connectivity index is 2.07. The highest BCUT2D eigenvalue weighted by Crippen LogP contribution is 2.45. The van der Waals surface area contributed by atoms with Crippen molar-refractivity contribution in [2.24, 2.45) is 0 Å². The Bertz CT molecular complexity index is 1140. The Morgan fingerprint density at radius 3 is 2.60 bits per heavy atom. The van der Waals surface area contributed by atoms with E-state index in [1.54, 1.807) is 19.2 Å². The quantitative estimate of drug-likeness (QED) is 0.663. The fraction of sp³-hybridized carbons (Fsp3) is 0.348. The van der Waals surface area contributed by atoms with Crippen LogP contribution < -0.4 is 14.9 Å². The topological polar surface area (TPSA) is 72.1 Å². The van der Waals surface area contributed by atoms with E-state index in [2.05, 4.69) is 4.90 Å². The molecule has 1 aliphatic rings. The van der Waals surface area contributed by atoms with E-state index in [0.717, 1.165) is 18.5 Å². The molecule has 1 fully saturated rings. The largest absolute Gasteiger partial charge is 0.496 e. The van der Waals surface area contributed by atoms with E-state index < -0.39 is 0 Å². The number of benzene rings is 2. The maximum absolute atomic E-state index is 13.2. The number of ether oxygens (including phenoxy) is 2. The van der Waals surface area contributed by atoms with Crippen molar-refractivity contribution in [1.82, 2.24) is 4.90 Å². The van der Waals surface area contributed by atoms with Crippen molar-refractivity contribution in [2.75, 3.05) is 34.4 Å². The Morgan fingerprint density at radius 2 is 1.93 bits per heavy atom. The van der Waals surface area contributed by atoms with Crippen molar-refractivity contribution in [3.05, 3.63) is 57.2 Å². The lowest BCUT2D eigenvalue weighted by atomic mass is 9.89. The van der Waals surface area contributed by atoms with Gasteiger partial charge in [0.15, 0.2) is 5.43 Å². The highest BCUT2D eigenvalue weighted by Gasteiger charge is 2.37. The Morgan fingerprint density at radius 1 is 1.20 bits per heavy atom. The van der Waals surface area contributed by atoms with Crippen molar-refractivity contribution in [3.63, 3.8) is 0 Å². The second-order valence-corrected chi connectivity index (χ2v) is 7.89. The minimum Gasteiger partial charge on any atom is -0.496 e. The molecule has 0 bridgehead atoms. The van der Waals surface area contributed by atoms with Gasteiger partial charge in [-0.05, 0) is 32.1 Å². The van der Waals surface area contributed by atoms with Crippen molar-refractivity contribution < 1.29 is 19.0 Å². The molecule has 2 aromatic carbocycles. The van der Waals surface area contributed by atoms with Crippen LogP contribution in [0, 0.1) is 0 Å². The number of aliphatic hydroxyl groups excluding tert-OH is 1. The average molecular weight is 430 g/mol. The number of fused-ring (bicyclic) bond motifs is 1. The molecule has 1 aromatic heterocycles. The first-order valence-corrected chi connectivity index (χ1v) is 10.2. The molecule has 158 valence electrons. The van der Waals surface area contributed by atoms with Crippen LogP contribution in [0.4, 0.5) is 0 Å². The van der Waals surface area contributed by atoms with Gasteiger partial charge in [-0.25, -0.2) is 0 Å². The van der Waals surface area contributed by atoms with E-state index in [1.165, 1.54) is 13.2 Å². The second-order valence-electron chi connectivity index (χ2n) is 7.48. The van der Waals surface area contributed by atoms with Crippen LogP contribution in [0.2, 0.25) is 5.02 Å². The van der Waals surface area contributed by atoms with Crippen molar-refractivity contribution in [1.29, 1.82) is 0 Å². The maximum Gasteiger partial charge on any atom is 0.197 e. The van der Waals surface area contributed by atoms with E-state index >= 15 is 0 Å². The predicted molar refractivity (Wildman–Crippen MR) is 117 cm³/mol. The fourth-order valence-corrected chi connectivity index (χ4v) is 4.61. The lowest BCUT2D eigenvalue weighted by Crippen LogP contribution is -2.32. The van der Waals surface area contributed by atoms with Crippen molar-refractivity contribution in [2.45, 2.75) is 18.4 Å². The van der Waals surface area contributed by atoms with Crippen LogP contribution in [0.3, 0.4) is 0 Å². The molecule has 30 heavy (non-hydrogen) atoms. The lowest BCUT2D eigenvalue weighted by Gasteiger charge is -2.25. The molecule has 0 aliphatic carbocycles. The zero-order valence-corrected chi connectivity index (χ0v) is 17.9. The van der Waals surface area contributed by atoms with Crippen LogP contribution in [0.5, 0.6) is 11.5 Å². The third-order valence-electron chi connectivity index (χ3n) is 5.93. The van der Waals surface area contributed by atoms with E-state index in [9.17, 15) is 9.90 Å². The first-order valence-electron chi connectivity index (χ1n) is 9.78. The standard InChI is InChI=1S/C23H24ClNO5/c1-25-9-8-14(16(25)12-26)21-19(28-2)11-20(29-3)22-17(27)10-18(30-23(21)22)13-6-4-5-7-15(13)24/h4-7,10-11,14,16,26H,8-9,12H2,1-3H3/t14?,16-/m1/s1. The van der Waals surface area contributed by atoms with Crippen LogP contribution in [-0.2, 0) is 0 Å². The van der Waals surface area contributed by atoms with Crippen LogP contribution in [0.25, 0.3) is 22.3 Å². The molecular formula is C23H24ClNO5. The summed E-state index contributed by atoms with van der Waals surface area (Å²) in [5.74, 6) is 1.27. The summed E-state index contributed by atoms with van der Waals surface area (Å²) in [5.41, 5.74) is 1.59. The van der Waals surface area contributed by atoms with Gasteiger partial charge in [0.25, 0.3) is 0 Å². The fourth-order valence-electron chi connectivity index (χ4n) is 4.38. The number of aliphatic hydroxyl groups is 1. The molecule has 4 rings (SSSR count). The molecule has 0 radical (unpaired) electrons. The third kappa shape index (κ3) is 3.35. The van der Waals surface area contributed by atoms with Gasteiger partial charge in [0.1, 0.15) is 28.2 Å². The molecule has 1 unspecified atom stereocenters. The summed E-state index contributed by atoms with van der Waals surface area (Å²) >= 11 is 6.36. The summed E-state index contributed by atoms with van der Waals surface area (Å²) in [6, 6.07) is 10.3. The van der Waals surface area contributed by atoms with Crippen molar-refractivity contribution >= 4 is 22.6 Å². The summed E-state index contributed by atoms with van der Waals surface area (Å²) in [4.78, 5) is 15.3. The Kier molecular flexibility index (Phi) is 5.73. The normalized spacial score (nSPS) is 19.4. The highest BCUT2D eigenvalue weighted by atomic mass is 35.5. The molecule has 1 saturated heterocycles. The number of halogens is 1. The van der Waals surface area contributed by atoms with Crippen LogP contribution in [0.1, 0.15) is 17.9 Å². The summed E-state index contributed by atoms with van der Waals surface area (Å²) in [7, 11) is 5.06.